The molecule has 0 saturated heterocycles. The van der Waals surface area contributed by atoms with Crippen LogP contribution in [0, 0.1) is 11.7 Å². The summed E-state index contributed by atoms with van der Waals surface area (Å²) < 4.78 is 14.2. The number of para-hydroxylation sites is 1. The normalized spacial score (nSPS) is 12.0. The Hall–Kier alpha value is -1.13. The van der Waals surface area contributed by atoms with Gasteiger partial charge in [-0.05, 0) is 37.9 Å². The zero-order valence-corrected chi connectivity index (χ0v) is 13.2. The summed E-state index contributed by atoms with van der Waals surface area (Å²) in [5.74, 6) is 0.302. The van der Waals surface area contributed by atoms with Gasteiger partial charge in [0.2, 0.25) is 0 Å². The average molecular weight is 282 g/mol. The number of nitrogens with zero attached hydrogens (tertiary/aromatic N) is 1. The summed E-state index contributed by atoms with van der Waals surface area (Å²) in [6.45, 7) is 9.55. The molecule has 114 valence electrons. The van der Waals surface area contributed by atoms with E-state index in [9.17, 15) is 9.50 Å². The summed E-state index contributed by atoms with van der Waals surface area (Å²) in [4.78, 5) is 1.81. The van der Waals surface area contributed by atoms with Gasteiger partial charge in [0, 0.05) is 13.6 Å². The Labute approximate surface area is 121 Å². The van der Waals surface area contributed by atoms with Gasteiger partial charge in [-0.2, -0.15) is 0 Å². The lowest BCUT2D eigenvalue weighted by Gasteiger charge is -2.37. The molecule has 0 amide bonds. The van der Waals surface area contributed by atoms with Crippen LogP contribution >= 0.6 is 0 Å². The number of likely N-dealkylation sites (N-methyl/N-ethyl adjacent to an activating group) is 1. The maximum atomic E-state index is 14.2. The molecule has 0 aliphatic heterocycles. The van der Waals surface area contributed by atoms with Crippen molar-refractivity contribution in [3.8, 4) is 0 Å². The van der Waals surface area contributed by atoms with Crippen molar-refractivity contribution < 1.29 is 9.50 Å². The van der Waals surface area contributed by atoms with Gasteiger partial charge in [-0.25, -0.2) is 4.39 Å². The van der Waals surface area contributed by atoms with Crippen LogP contribution in [0.4, 0.5) is 10.1 Å². The second-order valence-electron chi connectivity index (χ2n) is 6.30. The Morgan fingerprint density at radius 2 is 2.00 bits per heavy atom. The van der Waals surface area contributed by atoms with Gasteiger partial charge in [-0.15, -0.1) is 0 Å². The third kappa shape index (κ3) is 4.18. The van der Waals surface area contributed by atoms with E-state index in [0.29, 0.717) is 18.2 Å². The number of aliphatic hydroxyl groups excluding tert-OH is 1. The topological polar surface area (TPSA) is 35.5 Å². The molecule has 1 aromatic rings. The number of halogens is 1. The number of hydrogen-bond acceptors (Lipinski definition) is 3. The molecule has 3 nitrogen and oxygen atoms in total. The lowest BCUT2D eigenvalue weighted by Crippen LogP contribution is -2.45. The van der Waals surface area contributed by atoms with Gasteiger partial charge in [-0.3, -0.25) is 0 Å². The molecular formula is C16H27FN2O. The molecule has 4 heteroatoms. The van der Waals surface area contributed by atoms with E-state index in [1.807, 2.05) is 31.9 Å². The number of hydrogen-bond donors (Lipinski definition) is 2. The minimum absolute atomic E-state index is 0.0311. The lowest BCUT2D eigenvalue weighted by molar-refractivity contribution is 0.215. The standard InChI is InChI=1S/C16H27FN2O/c1-12(2)9-18-10-13-7-6-8-14(17)15(13)19(5)16(3,4)11-20/h6-8,12,18,20H,9-11H2,1-5H3. The maximum absolute atomic E-state index is 14.2. The minimum atomic E-state index is -0.505. The molecule has 20 heavy (non-hydrogen) atoms. The average Bonchev–Trinajstić information content (AvgIpc) is 2.37. The minimum Gasteiger partial charge on any atom is -0.394 e. The summed E-state index contributed by atoms with van der Waals surface area (Å²) in [6, 6.07) is 5.12. The number of anilines is 1. The van der Waals surface area contributed by atoms with Gasteiger partial charge in [0.1, 0.15) is 5.82 Å². The van der Waals surface area contributed by atoms with Crippen molar-refractivity contribution in [2.24, 2.45) is 5.92 Å². The van der Waals surface area contributed by atoms with Crippen molar-refractivity contribution in [2.45, 2.75) is 39.8 Å². The first-order valence-corrected chi connectivity index (χ1v) is 7.12. The number of rotatable bonds is 7. The molecule has 1 rings (SSSR count). The summed E-state index contributed by atoms with van der Waals surface area (Å²) in [5.41, 5.74) is 0.965. The van der Waals surface area contributed by atoms with Crippen LogP contribution in [0.2, 0.25) is 0 Å². The van der Waals surface area contributed by atoms with E-state index in [1.54, 1.807) is 6.07 Å². The fourth-order valence-electron chi connectivity index (χ4n) is 1.98. The van der Waals surface area contributed by atoms with Gasteiger partial charge >= 0.3 is 0 Å². The van der Waals surface area contributed by atoms with Crippen LogP contribution in [0.15, 0.2) is 18.2 Å². The van der Waals surface area contributed by atoms with E-state index in [0.717, 1.165) is 12.1 Å². The van der Waals surface area contributed by atoms with Gasteiger partial charge in [-0.1, -0.05) is 26.0 Å². The Balaban J connectivity index is 2.99. The largest absolute Gasteiger partial charge is 0.394 e. The van der Waals surface area contributed by atoms with Gasteiger partial charge in [0.25, 0.3) is 0 Å². The van der Waals surface area contributed by atoms with Gasteiger partial charge < -0.3 is 15.3 Å². The molecule has 1 aromatic carbocycles. The van der Waals surface area contributed by atoms with E-state index in [-0.39, 0.29) is 12.4 Å². The predicted octanol–water partition coefficient (Wildman–Crippen LogP) is 2.78. The number of benzene rings is 1. The zero-order chi connectivity index (χ0) is 15.3. The van der Waals surface area contributed by atoms with E-state index in [2.05, 4.69) is 19.2 Å². The highest BCUT2D eigenvalue weighted by Gasteiger charge is 2.26. The Morgan fingerprint density at radius 1 is 1.35 bits per heavy atom. The highest BCUT2D eigenvalue weighted by Crippen LogP contribution is 2.29. The molecule has 2 N–H and O–H groups in total. The molecule has 0 bridgehead atoms. The first-order valence-electron chi connectivity index (χ1n) is 7.12. The van der Waals surface area contributed by atoms with Crippen molar-refractivity contribution in [1.82, 2.24) is 5.32 Å². The molecule has 0 saturated carbocycles. The SMILES string of the molecule is CC(C)CNCc1cccc(F)c1N(C)C(C)(C)CO. The van der Waals surface area contributed by atoms with Gasteiger partial charge in [0.15, 0.2) is 0 Å². The number of aliphatic hydroxyl groups is 1. The second kappa shape index (κ2) is 7.04. The van der Waals surface area contributed by atoms with Crippen LogP contribution in [0.3, 0.4) is 0 Å². The molecular weight excluding hydrogens is 255 g/mol. The van der Waals surface area contributed by atoms with Gasteiger partial charge in [0.05, 0.1) is 17.8 Å². The molecule has 0 aliphatic rings. The van der Waals surface area contributed by atoms with E-state index in [4.69, 9.17) is 0 Å². The quantitative estimate of drug-likeness (QED) is 0.807. The first-order chi connectivity index (χ1) is 9.29. The van der Waals surface area contributed by atoms with Crippen molar-refractivity contribution in [2.75, 3.05) is 25.1 Å². The Kier molecular flexibility index (Phi) is 5.96. The molecule has 0 spiro atoms. The Bertz CT molecular complexity index is 432. The summed E-state index contributed by atoms with van der Waals surface area (Å²) in [7, 11) is 1.82. The summed E-state index contributed by atoms with van der Waals surface area (Å²) >= 11 is 0. The van der Waals surface area contributed by atoms with Crippen LogP contribution in [0.5, 0.6) is 0 Å². The van der Waals surface area contributed by atoms with Crippen molar-refractivity contribution in [3.63, 3.8) is 0 Å². The number of nitrogens with one attached hydrogen (secondary N) is 1. The highest BCUT2D eigenvalue weighted by molar-refractivity contribution is 5.56. The highest BCUT2D eigenvalue weighted by atomic mass is 19.1. The molecule has 0 unspecified atom stereocenters. The van der Waals surface area contributed by atoms with E-state index >= 15 is 0 Å². The molecule has 0 aromatic heterocycles. The van der Waals surface area contributed by atoms with Crippen LogP contribution < -0.4 is 10.2 Å². The molecule has 0 radical (unpaired) electrons. The summed E-state index contributed by atoms with van der Waals surface area (Å²) in [5, 5.41) is 12.8. The molecule has 0 fully saturated rings. The summed E-state index contributed by atoms with van der Waals surface area (Å²) in [6.07, 6.45) is 0. The van der Waals surface area contributed by atoms with E-state index in [1.165, 1.54) is 6.07 Å². The van der Waals surface area contributed by atoms with Crippen LogP contribution in [-0.4, -0.2) is 30.8 Å². The first kappa shape index (κ1) is 16.9. The third-order valence-corrected chi connectivity index (χ3v) is 3.57. The van der Waals surface area contributed by atoms with Crippen LogP contribution in [0.25, 0.3) is 0 Å². The molecule has 0 heterocycles. The van der Waals surface area contributed by atoms with Crippen molar-refractivity contribution in [1.29, 1.82) is 0 Å². The van der Waals surface area contributed by atoms with Crippen LogP contribution in [-0.2, 0) is 6.54 Å². The van der Waals surface area contributed by atoms with E-state index < -0.39 is 5.54 Å². The third-order valence-electron chi connectivity index (χ3n) is 3.57. The molecule has 0 aliphatic carbocycles. The fourth-order valence-corrected chi connectivity index (χ4v) is 1.98. The molecule has 0 atom stereocenters. The Morgan fingerprint density at radius 3 is 2.55 bits per heavy atom. The monoisotopic (exact) mass is 282 g/mol. The second-order valence-corrected chi connectivity index (χ2v) is 6.30. The maximum Gasteiger partial charge on any atom is 0.146 e. The zero-order valence-electron chi connectivity index (χ0n) is 13.2. The van der Waals surface area contributed by atoms with Crippen molar-refractivity contribution in [3.05, 3.63) is 29.6 Å². The van der Waals surface area contributed by atoms with Crippen LogP contribution in [0.1, 0.15) is 33.3 Å². The smallest absolute Gasteiger partial charge is 0.146 e. The fraction of sp³-hybridized carbons (Fsp3) is 0.625. The predicted molar refractivity (Wildman–Crippen MR) is 82.5 cm³/mol. The lowest BCUT2D eigenvalue weighted by atomic mass is 10.0. The van der Waals surface area contributed by atoms with Crippen molar-refractivity contribution >= 4 is 5.69 Å².